The van der Waals surface area contributed by atoms with Gasteiger partial charge in [0.2, 0.25) is 0 Å². The van der Waals surface area contributed by atoms with Gasteiger partial charge in [0.25, 0.3) is 0 Å². The Morgan fingerprint density at radius 2 is 2.14 bits per heavy atom. The lowest BCUT2D eigenvalue weighted by molar-refractivity contribution is -0.138. The number of carboxylic acid groups (broad SMARTS) is 1. The molecule has 0 aliphatic carbocycles. The summed E-state index contributed by atoms with van der Waals surface area (Å²) in [6, 6.07) is 4.76. The summed E-state index contributed by atoms with van der Waals surface area (Å²) in [5.41, 5.74) is 1.07. The molecule has 1 aliphatic heterocycles. The molecule has 0 amide bonds. The van der Waals surface area contributed by atoms with Crippen molar-refractivity contribution in [2.24, 2.45) is 0 Å². The van der Waals surface area contributed by atoms with Crippen molar-refractivity contribution in [1.82, 2.24) is 4.90 Å². The monoisotopic (exact) mass is 359 g/mol. The SMILES string of the molecule is O=C(O)CCOC1CCN(Cc2ccc(F)cc2Br)CC1. The molecule has 2 rings (SSSR count). The van der Waals surface area contributed by atoms with Crippen molar-refractivity contribution in [3.05, 3.63) is 34.1 Å². The molecule has 0 atom stereocenters. The van der Waals surface area contributed by atoms with Crippen molar-refractivity contribution in [1.29, 1.82) is 0 Å². The molecule has 4 nitrogen and oxygen atoms in total. The maximum Gasteiger partial charge on any atom is 0.305 e. The van der Waals surface area contributed by atoms with Crippen LogP contribution in [0.1, 0.15) is 24.8 Å². The highest BCUT2D eigenvalue weighted by Crippen LogP contribution is 2.22. The zero-order chi connectivity index (χ0) is 15.2. The second-order valence-electron chi connectivity index (χ2n) is 5.23. The van der Waals surface area contributed by atoms with E-state index < -0.39 is 5.97 Å². The van der Waals surface area contributed by atoms with Gasteiger partial charge in [0.05, 0.1) is 19.1 Å². The number of hydrogen-bond acceptors (Lipinski definition) is 3. The van der Waals surface area contributed by atoms with E-state index in [1.807, 2.05) is 0 Å². The van der Waals surface area contributed by atoms with Crippen LogP contribution in [0, 0.1) is 5.82 Å². The van der Waals surface area contributed by atoms with Gasteiger partial charge in [-0.15, -0.1) is 0 Å². The normalized spacial score (nSPS) is 17.0. The van der Waals surface area contributed by atoms with E-state index in [4.69, 9.17) is 9.84 Å². The first kappa shape index (κ1) is 16.4. The first-order valence-electron chi connectivity index (χ1n) is 7.04. The van der Waals surface area contributed by atoms with Gasteiger partial charge in [-0.05, 0) is 30.5 Å². The number of carboxylic acids is 1. The van der Waals surface area contributed by atoms with Crippen molar-refractivity contribution in [2.75, 3.05) is 19.7 Å². The Labute approximate surface area is 132 Å². The highest BCUT2D eigenvalue weighted by atomic mass is 79.9. The average Bonchev–Trinajstić information content (AvgIpc) is 2.43. The van der Waals surface area contributed by atoms with E-state index in [9.17, 15) is 9.18 Å². The number of carbonyl (C=O) groups is 1. The number of halogens is 2. The third-order valence-electron chi connectivity index (χ3n) is 3.61. The molecule has 0 radical (unpaired) electrons. The van der Waals surface area contributed by atoms with E-state index in [-0.39, 0.29) is 24.9 Å². The Morgan fingerprint density at radius 3 is 2.76 bits per heavy atom. The Hall–Kier alpha value is -0.980. The first-order valence-corrected chi connectivity index (χ1v) is 7.83. The van der Waals surface area contributed by atoms with Gasteiger partial charge in [0, 0.05) is 24.1 Å². The quantitative estimate of drug-likeness (QED) is 0.847. The molecule has 21 heavy (non-hydrogen) atoms. The van der Waals surface area contributed by atoms with Crippen LogP contribution in [0.3, 0.4) is 0 Å². The van der Waals surface area contributed by atoms with Crippen LogP contribution in [0.2, 0.25) is 0 Å². The van der Waals surface area contributed by atoms with Gasteiger partial charge in [0.15, 0.2) is 0 Å². The largest absolute Gasteiger partial charge is 0.481 e. The second-order valence-corrected chi connectivity index (χ2v) is 6.08. The fourth-order valence-corrected chi connectivity index (χ4v) is 2.91. The van der Waals surface area contributed by atoms with E-state index >= 15 is 0 Å². The van der Waals surface area contributed by atoms with E-state index in [0.29, 0.717) is 0 Å². The molecule has 1 saturated heterocycles. The van der Waals surface area contributed by atoms with E-state index in [1.54, 1.807) is 6.07 Å². The van der Waals surface area contributed by atoms with Gasteiger partial charge in [-0.2, -0.15) is 0 Å². The fourth-order valence-electron chi connectivity index (χ4n) is 2.44. The van der Waals surface area contributed by atoms with Crippen LogP contribution in [-0.2, 0) is 16.1 Å². The van der Waals surface area contributed by atoms with Gasteiger partial charge in [-0.25, -0.2) is 4.39 Å². The van der Waals surface area contributed by atoms with Gasteiger partial charge in [-0.3, -0.25) is 9.69 Å². The lowest BCUT2D eigenvalue weighted by atomic mass is 10.1. The number of nitrogens with zero attached hydrogens (tertiary/aromatic N) is 1. The molecule has 6 heteroatoms. The minimum Gasteiger partial charge on any atom is -0.481 e. The highest BCUT2D eigenvalue weighted by Gasteiger charge is 2.20. The zero-order valence-corrected chi connectivity index (χ0v) is 13.3. The van der Waals surface area contributed by atoms with Crippen LogP contribution in [0.4, 0.5) is 4.39 Å². The Balaban J connectivity index is 1.75. The molecule has 0 spiro atoms. The van der Waals surface area contributed by atoms with Crippen LogP contribution < -0.4 is 0 Å². The predicted molar refractivity (Wildman–Crippen MR) is 80.6 cm³/mol. The van der Waals surface area contributed by atoms with E-state index in [1.165, 1.54) is 12.1 Å². The predicted octanol–water partition coefficient (Wildman–Crippen LogP) is 3.04. The molecule has 116 valence electrons. The minimum atomic E-state index is -0.825. The number of piperidine rings is 1. The van der Waals surface area contributed by atoms with Crippen molar-refractivity contribution in [3.63, 3.8) is 0 Å². The van der Waals surface area contributed by atoms with Crippen LogP contribution in [0.25, 0.3) is 0 Å². The topological polar surface area (TPSA) is 49.8 Å². The van der Waals surface area contributed by atoms with Crippen LogP contribution >= 0.6 is 15.9 Å². The zero-order valence-electron chi connectivity index (χ0n) is 11.7. The number of likely N-dealkylation sites (tertiary alicyclic amines) is 1. The molecule has 0 bridgehead atoms. The van der Waals surface area contributed by atoms with Crippen LogP contribution in [0.15, 0.2) is 22.7 Å². The van der Waals surface area contributed by atoms with Crippen LogP contribution in [-0.4, -0.2) is 41.8 Å². The van der Waals surface area contributed by atoms with Gasteiger partial charge < -0.3 is 9.84 Å². The molecule has 1 aromatic carbocycles. The fraction of sp³-hybridized carbons (Fsp3) is 0.533. The van der Waals surface area contributed by atoms with Crippen molar-refractivity contribution in [3.8, 4) is 0 Å². The first-order chi connectivity index (χ1) is 10.0. The molecule has 1 heterocycles. The van der Waals surface area contributed by atoms with Crippen molar-refractivity contribution < 1.29 is 19.0 Å². The lowest BCUT2D eigenvalue weighted by Crippen LogP contribution is -2.36. The van der Waals surface area contributed by atoms with Gasteiger partial charge in [-0.1, -0.05) is 22.0 Å². The van der Waals surface area contributed by atoms with Gasteiger partial charge >= 0.3 is 5.97 Å². The summed E-state index contributed by atoms with van der Waals surface area (Å²) in [6.45, 7) is 2.87. The molecule has 1 N–H and O–H groups in total. The van der Waals surface area contributed by atoms with Crippen LogP contribution in [0.5, 0.6) is 0 Å². The molecule has 0 saturated carbocycles. The summed E-state index contributed by atoms with van der Waals surface area (Å²) in [5.74, 6) is -1.07. The second kappa shape index (κ2) is 7.87. The summed E-state index contributed by atoms with van der Waals surface area (Å²) in [4.78, 5) is 12.7. The maximum atomic E-state index is 13.1. The van der Waals surface area contributed by atoms with E-state index in [2.05, 4.69) is 20.8 Å². The third-order valence-corrected chi connectivity index (χ3v) is 4.35. The summed E-state index contributed by atoms with van der Waals surface area (Å²) in [6.07, 6.45) is 2.01. The Bertz CT molecular complexity index is 490. The molecular weight excluding hydrogens is 341 g/mol. The number of rotatable bonds is 6. The number of benzene rings is 1. The molecule has 1 aromatic rings. The molecule has 1 aliphatic rings. The number of aliphatic carboxylic acids is 1. The summed E-state index contributed by atoms with van der Waals surface area (Å²) < 4.78 is 19.4. The standard InChI is InChI=1S/C15H19BrFNO3/c16-14-9-12(17)2-1-11(14)10-18-6-3-13(4-7-18)21-8-5-15(19)20/h1-2,9,13H,3-8,10H2,(H,19,20). The highest BCUT2D eigenvalue weighted by molar-refractivity contribution is 9.10. The average molecular weight is 360 g/mol. The maximum absolute atomic E-state index is 13.1. The molecule has 0 aromatic heterocycles. The smallest absolute Gasteiger partial charge is 0.305 e. The Morgan fingerprint density at radius 1 is 1.43 bits per heavy atom. The molecular formula is C15H19BrFNO3. The summed E-state index contributed by atoms with van der Waals surface area (Å²) >= 11 is 3.39. The number of ether oxygens (including phenoxy) is 1. The number of hydrogen-bond donors (Lipinski definition) is 1. The third kappa shape index (κ3) is 5.37. The van der Waals surface area contributed by atoms with Crippen molar-refractivity contribution in [2.45, 2.75) is 31.9 Å². The van der Waals surface area contributed by atoms with Crippen molar-refractivity contribution >= 4 is 21.9 Å². The van der Waals surface area contributed by atoms with E-state index in [0.717, 1.165) is 42.5 Å². The summed E-state index contributed by atoms with van der Waals surface area (Å²) in [7, 11) is 0. The molecule has 1 fully saturated rings. The Kier molecular flexibility index (Phi) is 6.14. The molecule has 0 unspecified atom stereocenters. The van der Waals surface area contributed by atoms with Gasteiger partial charge in [0.1, 0.15) is 5.82 Å². The summed E-state index contributed by atoms with van der Waals surface area (Å²) in [5, 5.41) is 8.58. The minimum absolute atomic E-state index is 0.0583. The lowest BCUT2D eigenvalue weighted by Gasteiger charge is -2.32.